The summed E-state index contributed by atoms with van der Waals surface area (Å²) in [5.74, 6) is -2.38. The highest BCUT2D eigenvalue weighted by molar-refractivity contribution is 5.76. The molecule has 1 fully saturated rings. The van der Waals surface area contributed by atoms with E-state index in [4.69, 9.17) is 10.2 Å². The van der Waals surface area contributed by atoms with Crippen molar-refractivity contribution in [3.8, 4) is 0 Å². The largest absolute Gasteiger partial charge is 0.481 e. The standard InChI is InChI=1S/C7H11NO4/c9-6(10)4-1-2-8-5(3-4)7(11)12/h4-5,8H,1-3H2,(H,9,10)(H,11,12)/t4-,5-/m0/s1. The first-order chi connectivity index (χ1) is 5.61. The predicted octanol–water partition coefficient (Wildman–Crippen LogP) is -0.476. The minimum absolute atomic E-state index is 0.185. The van der Waals surface area contributed by atoms with Gasteiger partial charge in [-0.2, -0.15) is 0 Å². The Bertz CT molecular complexity index is 184. The first kappa shape index (κ1) is 8.99. The average molecular weight is 173 g/mol. The van der Waals surface area contributed by atoms with Crippen molar-refractivity contribution in [2.75, 3.05) is 6.54 Å². The molecule has 0 aromatic heterocycles. The molecule has 12 heavy (non-hydrogen) atoms. The van der Waals surface area contributed by atoms with Crippen LogP contribution in [0.25, 0.3) is 0 Å². The van der Waals surface area contributed by atoms with Crippen LogP contribution in [0.5, 0.6) is 0 Å². The molecule has 5 nitrogen and oxygen atoms in total. The molecule has 0 aromatic carbocycles. The lowest BCUT2D eigenvalue weighted by Crippen LogP contribution is -2.45. The van der Waals surface area contributed by atoms with Gasteiger partial charge in [0, 0.05) is 0 Å². The molecule has 1 aliphatic rings. The fourth-order valence-electron chi connectivity index (χ4n) is 1.33. The van der Waals surface area contributed by atoms with Crippen molar-refractivity contribution in [3.05, 3.63) is 0 Å². The van der Waals surface area contributed by atoms with E-state index in [0.717, 1.165) is 0 Å². The van der Waals surface area contributed by atoms with Crippen LogP contribution < -0.4 is 5.32 Å². The summed E-state index contributed by atoms with van der Waals surface area (Å²) in [4.78, 5) is 21.0. The van der Waals surface area contributed by atoms with E-state index < -0.39 is 23.9 Å². The molecular weight excluding hydrogens is 162 g/mol. The lowest BCUT2D eigenvalue weighted by Gasteiger charge is -2.24. The number of piperidine rings is 1. The van der Waals surface area contributed by atoms with Gasteiger partial charge >= 0.3 is 11.9 Å². The quantitative estimate of drug-likeness (QED) is 0.525. The van der Waals surface area contributed by atoms with E-state index in [1.165, 1.54) is 0 Å². The predicted molar refractivity (Wildman–Crippen MR) is 39.8 cm³/mol. The summed E-state index contributed by atoms with van der Waals surface area (Å²) in [5, 5.41) is 19.9. The van der Waals surface area contributed by atoms with Crippen LogP contribution in [0.3, 0.4) is 0 Å². The third-order valence-electron chi connectivity index (χ3n) is 2.05. The number of carboxylic acid groups (broad SMARTS) is 2. The third-order valence-corrected chi connectivity index (χ3v) is 2.05. The fourth-order valence-corrected chi connectivity index (χ4v) is 1.33. The van der Waals surface area contributed by atoms with Gasteiger partial charge in [0.2, 0.25) is 0 Å². The summed E-state index contributed by atoms with van der Waals surface area (Å²) < 4.78 is 0. The molecule has 0 aliphatic carbocycles. The van der Waals surface area contributed by atoms with E-state index in [1.54, 1.807) is 0 Å². The summed E-state index contributed by atoms with van der Waals surface area (Å²) >= 11 is 0. The average Bonchev–Trinajstić information content (AvgIpc) is 2.04. The summed E-state index contributed by atoms with van der Waals surface area (Å²) in [5.41, 5.74) is 0. The molecule has 68 valence electrons. The Hall–Kier alpha value is -1.10. The van der Waals surface area contributed by atoms with Crippen LogP contribution in [0.1, 0.15) is 12.8 Å². The molecule has 0 unspecified atom stereocenters. The Kier molecular flexibility index (Phi) is 2.65. The van der Waals surface area contributed by atoms with Gasteiger partial charge in [-0.1, -0.05) is 0 Å². The summed E-state index contributed by atoms with van der Waals surface area (Å²) in [6, 6.07) is -0.695. The number of nitrogens with one attached hydrogen (secondary N) is 1. The second-order valence-corrected chi connectivity index (χ2v) is 2.90. The van der Waals surface area contributed by atoms with Crippen LogP contribution in [-0.4, -0.2) is 34.7 Å². The van der Waals surface area contributed by atoms with Gasteiger partial charge in [-0.3, -0.25) is 9.59 Å². The first-order valence-electron chi connectivity index (χ1n) is 3.80. The minimum atomic E-state index is -0.971. The van der Waals surface area contributed by atoms with E-state index >= 15 is 0 Å². The number of aliphatic carboxylic acids is 2. The molecule has 0 amide bonds. The number of carbonyl (C=O) groups is 2. The molecule has 0 radical (unpaired) electrons. The maximum Gasteiger partial charge on any atom is 0.320 e. The molecule has 0 bridgehead atoms. The van der Waals surface area contributed by atoms with Crippen molar-refractivity contribution in [1.29, 1.82) is 0 Å². The van der Waals surface area contributed by atoms with Gasteiger partial charge in [0.15, 0.2) is 0 Å². The highest BCUT2D eigenvalue weighted by atomic mass is 16.4. The van der Waals surface area contributed by atoms with Gasteiger partial charge < -0.3 is 15.5 Å². The highest BCUT2D eigenvalue weighted by Gasteiger charge is 2.30. The molecule has 0 aromatic rings. The van der Waals surface area contributed by atoms with Gasteiger partial charge in [0.25, 0.3) is 0 Å². The van der Waals surface area contributed by atoms with Crippen LogP contribution in [0, 0.1) is 5.92 Å². The van der Waals surface area contributed by atoms with Crippen LogP contribution in [0.4, 0.5) is 0 Å². The zero-order chi connectivity index (χ0) is 9.14. The second kappa shape index (κ2) is 3.53. The van der Waals surface area contributed by atoms with E-state index in [2.05, 4.69) is 5.32 Å². The first-order valence-corrected chi connectivity index (χ1v) is 3.80. The molecule has 1 rings (SSSR count). The number of rotatable bonds is 2. The number of hydrogen-bond acceptors (Lipinski definition) is 3. The zero-order valence-electron chi connectivity index (χ0n) is 6.49. The maximum absolute atomic E-state index is 10.5. The third kappa shape index (κ3) is 1.94. The summed E-state index contributed by atoms with van der Waals surface area (Å²) in [6.07, 6.45) is 0.698. The molecule has 5 heteroatoms. The number of hydrogen-bond donors (Lipinski definition) is 3. The Morgan fingerprint density at radius 1 is 1.25 bits per heavy atom. The molecule has 1 saturated heterocycles. The van der Waals surface area contributed by atoms with E-state index in [0.29, 0.717) is 13.0 Å². The Morgan fingerprint density at radius 3 is 2.42 bits per heavy atom. The van der Waals surface area contributed by atoms with Crippen LogP contribution in [0.15, 0.2) is 0 Å². The Labute approximate surface area is 69.4 Å². The van der Waals surface area contributed by atoms with Crippen molar-refractivity contribution >= 4 is 11.9 Å². The number of carboxylic acids is 2. The van der Waals surface area contributed by atoms with Crippen molar-refractivity contribution < 1.29 is 19.8 Å². The minimum Gasteiger partial charge on any atom is -0.481 e. The zero-order valence-corrected chi connectivity index (χ0v) is 6.49. The van der Waals surface area contributed by atoms with E-state index in [1.807, 2.05) is 0 Å². The van der Waals surface area contributed by atoms with Crippen molar-refractivity contribution in [1.82, 2.24) is 5.32 Å². The highest BCUT2D eigenvalue weighted by Crippen LogP contribution is 2.16. The lowest BCUT2D eigenvalue weighted by atomic mass is 9.93. The molecule has 3 N–H and O–H groups in total. The van der Waals surface area contributed by atoms with Crippen LogP contribution in [0.2, 0.25) is 0 Å². The van der Waals surface area contributed by atoms with Gasteiger partial charge in [-0.25, -0.2) is 0 Å². The maximum atomic E-state index is 10.5. The van der Waals surface area contributed by atoms with Gasteiger partial charge in [-0.15, -0.1) is 0 Å². The Morgan fingerprint density at radius 2 is 1.92 bits per heavy atom. The van der Waals surface area contributed by atoms with Crippen molar-refractivity contribution in [2.45, 2.75) is 18.9 Å². The summed E-state index contributed by atoms with van der Waals surface area (Å²) in [6.45, 7) is 0.466. The molecule has 1 heterocycles. The molecule has 0 saturated carbocycles. The van der Waals surface area contributed by atoms with Crippen molar-refractivity contribution in [2.24, 2.45) is 5.92 Å². The topological polar surface area (TPSA) is 86.6 Å². The van der Waals surface area contributed by atoms with Crippen LogP contribution >= 0.6 is 0 Å². The second-order valence-electron chi connectivity index (χ2n) is 2.90. The van der Waals surface area contributed by atoms with Gasteiger partial charge in [0.1, 0.15) is 6.04 Å². The molecule has 0 spiro atoms. The monoisotopic (exact) mass is 173 g/mol. The molecular formula is C7H11NO4. The van der Waals surface area contributed by atoms with Crippen LogP contribution in [-0.2, 0) is 9.59 Å². The SMILES string of the molecule is O=C(O)[C@H]1CCN[C@H](C(=O)O)C1. The smallest absolute Gasteiger partial charge is 0.320 e. The Balaban J connectivity index is 2.51. The fraction of sp³-hybridized carbons (Fsp3) is 0.714. The van der Waals surface area contributed by atoms with Gasteiger partial charge in [-0.05, 0) is 19.4 Å². The van der Waals surface area contributed by atoms with E-state index in [-0.39, 0.29) is 6.42 Å². The molecule has 1 aliphatic heterocycles. The lowest BCUT2D eigenvalue weighted by molar-refractivity contribution is -0.145. The summed E-state index contributed by atoms with van der Waals surface area (Å²) in [7, 11) is 0. The molecule has 2 atom stereocenters. The van der Waals surface area contributed by atoms with Crippen molar-refractivity contribution in [3.63, 3.8) is 0 Å². The van der Waals surface area contributed by atoms with Gasteiger partial charge in [0.05, 0.1) is 5.92 Å². The van der Waals surface area contributed by atoms with E-state index in [9.17, 15) is 9.59 Å². The normalized spacial score (nSPS) is 29.7.